The Morgan fingerprint density at radius 1 is 0.710 bits per heavy atom. The van der Waals surface area contributed by atoms with E-state index in [4.69, 9.17) is 14.2 Å². The van der Waals surface area contributed by atoms with Crippen LogP contribution < -0.4 is 0 Å². The van der Waals surface area contributed by atoms with E-state index in [-0.39, 0.29) is 53.0 Å². The zero-order valence-electron chi connectivity index (χ0n) is 19.6. The molecular weight excluding hydrogens is 396 g/mol. The fourth-order valence-corrected chi connectivity index (χ4v) is 8.24. The van der Waals surface area contributed by atoms with Crippen LogP contribution in [0.4, 0.5) is 0 Å². The molecule has 6 nitrogen and oxygen atoms in total. The van der Waals surface area contributed by atoms with Crippen molar-refractivity contribution >= 4 is 17.9 Å². The highest BCUT2D eigenvalue weighted by Gasteiger charge is 2.62. The van der Waals surface area contributed by atoms with Gasteiger partial charge >= 0.3 is 17.9 Å². The van der Waals surface area contributed by atoms with E-state index in [1.54, 1.807) is 0 Å². The number of carbonyl (C=O) groups excluding carboxylic acids is 3. The lowest BCUT2D eigenvalue weighted by molar-refractivity contribution is -0.195. The highest BCUT2D eigenvalue weighted by Crippen LogP contribution is 2.66. The average molecular weight is 435 g/mol. The fourth-order valence-electron chi connectivity index (χ4n) is 8.24. The summed E-state index contributed by atoms with van der Waals surface area (Å²) in [6.45, 7) is 9.21. The lowest BCUT2D eigenvalue weighted by Gasteiger charge is -2.62. The van der Waals surface area contributed by atoms with Crippen LogP contribution in [0.3, 0.4) is 0 Å². The van der Waals surface area contributed by atoms with Crippen LogP contribution in [0.15, 0.2) is 0 Å². The third kappa shape index (κ3) is 4.11. The van der Waals surface area contributed by atoms with Gasteiger partial charge in [-0.25, -0.2) is 0 Å². The van der Waals surface area contributed by atoms with Gasteiger partial charge in [0, 0.05) is 26.7 Å². The summed E-state index contributed by atoms with van der Waals surface area (Å²) in [5.41, 5.74) is 0.251. The Balaban J connectivity index is 1.61. The molecule has 174 valence electrons. The predicted octanol–water partition coefficient (Wildman–Crippen LogP) is 4.43. The topological polar surface area (TPSA) is 78.9 Å². The van der Waals surface area contributed by atoms with E-state index in [2.05, 4.69) is 13.8 Å². The van der Waals surface area contributed by atoms with Crippen molar-refractivity contribution in [2.24, 2.45) is 34.5 Å². The van der Waals surface area contributed by atoms with E-state index >= 15 is 0 Å². The van der Waals surface area contributed by atoms with Gasteiger partial charge in [-0.2, -0.15) is 0 Å². The molecule has 0 heterocycles. The Morgan fingerprint density at radius 3 is 1.97 bits per heavy atom. The van der Waals surface area contributed by atoms with Crippen molar-refractivity contribution in [3.8, 4) is 0 Å². The minimum absolute atomic E-state index is 0.00339. The van der Waals surface area contributed by atoms with Gasteiger partial charge in [0.05, 0.1) is 0 Å². The molecule has 0 spiro atoms. The minimum Gasteiger partial charge on any atom is -0.463 e. The van der Waals surface area contributed by atoms with Crippen molar-refractivity contribution in [1.82, 2.24) is 0 Å². The number of carbonyl (C=O) groups is 3. The summed E-state index contributed by atoms with van der Waals surface area (Å²) in [7, 11) is 0. The smallest absolute Gasteiger partial charge is 0.302 e. The lowest BCUT2D eigenvalue weighted by Crippen LogP contribution is -2.58. The van der Waals surface area contributed by atoms with Crippen LogP contribution in [0, 0.1) is 34.5 Å². The summed E-state index contributed by atoms with van der Waals surface area (Å²) in [6, 6.07) is 0. The molecule has 0 aromatic carbocycles. The van der Waals surface area contributed by atoms with E-state index in [0.29, 0.717) is 17.8 Å². The third-order valence-corrected chi connectivity index (χ3v) is 9.32. The molecule has 4 aliphatic rings. The predicted molar refractivity (Wildman–Crippen MR) is 114 cm³/mol. The summed E-state index contributed by atoms with van der Waals surface area (Å²) >= 11 is 0. The SMILES string of the molecule is CC(=O)O[C@@H]1CC[C@]2(C)[C@@H]3CC[C@]4(C)C[C@H](OC(C)=O)C[C@H]4[C@@H]3C[C@H](OC(C)=O)[C@H]2C1. The second-order valence-corrected chi connectivity index (χ2v) is 11.2. The number of esters is 3. The summed E-state index contributed by atoms with van der Waals surface area (Å²) in [4.78, 5) is 35.2. The second-order valence-electron chi connectivity index (χ2n) is 11.2. The highest BCUT2D eigenvalue weighted by molar-refractivity contribution is 5.67. The van der Waals surface area contributed by atoms with Gasteiger partial charge in [0.25, 0.3) is 0 Å². The number of hydrogen-bond donors (Lipinski definition) is 0. The van der Waals surface area contributed by atoms with E-state index in [1.807, 2.05) is 0 Å². The zero-order valence-corrected chi connectivity index (χ0v) is 19.6. The van der Waals surface area contributed by atoms with Gasteiger partial charge < -0.3 is 14.2 Å². The Kier molecular flexibility index (Phi) is 5.89. The molecule has 0 unspecified atom stereocenters. The van der Waals surface area contributed by atoms with Crippen LogP contribution in [0.5, 0.6) is 0 Å². The van der Waals surface area contributed by atoms with Crippen LogP contribution >= 0.6 is 0 Å². The van der Waals surface area contributed by atoms with Gasteiger partial charge in [-0.05, 0) is 80.0 Å². The van der Waals surface area contributed by atoms with Crippen LogP contribution in [0.25, 0.3) is 0 Å². The number of hydrogen-bond acceptors (Lipinski definition) is 6. The van der Waals surface area contributed by atoms with Gasteiger partial charge in [-0.3, -0.25) is 14.4 Å². The fraction of sp³-hybridized carbons (Fsp3) is 0.880. The summed E-state index contributed by atoms with van der Waals surface area (Å²) in [6.07, 6.45) is 7.46. The maximum atomic E-state index is 12.0. The van der Waals surface area contributed by atoms with E-state index in [0.717, 1.165) is 44.9 Å². The van der Waals surface area contributed by atoms with Gasteiger partial charge in [0.2, 0.25) is 0 Å². The highest BCUT2D eigenvalue weighted by atomic mass is 16.6. The zero-order chi connectivity index (χ0) is 22.6. The summed E-state index contributed by atoms with van der Waals surface area (Å²) < 4.78 is 17.2. The Bertz CT molecular complexity index is 748. The second kappa shape index (κ2) is 8.08. The molecule has 4 rings (SSSR count). The number of fused-ring (bicyclic) bond motifs is 5. The molecule has 0 bridgehead atoms. The number of rotatable bonds is 3. The largest absolute Gasteiger partial charge is 0.463 e. The third-order valence-electron chi connectivity index (χ3n) is 9.32. The quantitative estimate of drug-likeness (QED) is 0.483. The Morgan fingerprint density at radius 2 is 1.32 bits per heavy atom. The van der Waals surface area contributed by atoms with Crippen LogP contribution in [0.2, 0.25) is 0 Å². The molecule has 0 radical (unpaired) electrons. The summed E-state index contributed by atoms with van der Waals surface area (Å²) in [5.74, 6) is 1.07. The van der Waals surface area contributed by atoms with Gasteiger partial charge in [0.15, 0.2) is 0 Å². The first-order valence-electron chi connectivity index (χ1n) is 12.0. The Hall–Kier alpha value is -1.59. The van der Waals surface area contributed by atoms with Crippen molar-refractivity contribution in [2.45, 2.75) is 104 Å². The number of ether oxygens (including phenoxy) is 3. The van der Waals surface area contributed by atoms with Gasteiger partial charge in [-0.1, -0.05) is 13.8 Å². The molecule has 0 N–H and O–H groups in total. The maximum Gasteiger partial charge on any atom is 0.302 e. The van der Waals surface area contributed by atoms with E-state index in [1.165, 1.54) is 27.2 Å². The normalized spacial score (nSPS) is 46.2. The minimum atomic E-state index is -0.234. The van der Waals surface area contributed by atoms with Crippen LogP contribution in [-0.2, 0) is 28.6 Å². The first-order chi connectivity index (χ1) is 14.5. The van der Waals surface area contributed by atoms with Gasteiger partial charge in [-0.15, -0.1) is 0 Å². The summed E-state index contributed by atoms with van der Waals surface area (Å²) in [5, 5.41) is 0. The van der Waals surface area contributed by atoms with Gasteiger partial charge in [0.1, 0.15) is 18.3 Å². The van der Waals surface area contributed by atoms with Crippen molar-refractivity contribution in [1.29, 1.82) is 0 Å². The van der Waals surface area contributed by atoms with Crippen LogP contribution in [0.1, 0.15) is 86.0 Å². The van der Waals surface area contributed by atoms with E-state index in [9.17, 15) is 14.4 Å². The maximum absolute atomic E-state index is 12.0. The van der Waals surface area contributed by atoms with Crippen molar-refractivity contribution < 1.29 is 28.6 Å². The monoisotopic (exact) mass is 434 g/mol. The van der Waals surface area contributed by atoms with Crippen molar-refractivity contribution in [3.63, 3.8) is 0 Å². The van der Waals surface area contributed by atoms with Crippen molar-refractivity contribution in [2.75, 3.05) is 0 Å². The average Bonchev–Trinajstić information content (AvgIpc) is 2.97. The molecule has 0 aromatic rings. The molecule has 6 heteroatoms. The molecular formula is C25H38O6. The first-order valence-corrected chi connectivity index (χ1v) is 12.0. The molecule has 31 heavy (non-hydrogen) atoms. The van der Waals surface area contributed by atoms with Crippen molar-refractivity contribution in [3.05, 3.63) is 0 Å². The first kappa shape index (κ1) is 22.6. The molecule has 4 saturated carbocycles. The Labute approximate surface area is 185 Å². The molecule has 4 fully saturated rings. The molecule has 4 aliphatic carbocycles. The molecule has 0 saturated heterocycles. The molecule has 9 atom stereocenters. The molecule has 0 aliphatic heterocycles. The van der Waals surface area contributed by atoms with Crippen LogP contribution in [-0.4, -0.2) is 36.2 Å². The molecule has 0 amide bonds. The van der Waals surface area contributed by atoms with E-state index < -0.39 is 0 Å². The lowest BCUT2D eigenvalue weighted by atomic mass is 9.44. The standard InChI is InChI=1S/C25H38O6/c1-14(26)29-17-6-9-25(5)20-7-8-24(4)13-18(30-15(2)27)11-21(24)19(20)12-23(22(25)10-17)31-16(3)28/h17-23H,6-13H2,1-5H3/t17-,18-,19-,20-,21+,22-,23+,24-,25-/m1/s1. The molecule has 0 aromatic heterocycles.